The highest BCUT2D eigenvalue weighted by Crippen LogP contribution is 2.26. The molecule has 0 atom stereocenters. The van der Waals surface area contributed by atoms with E-state index in [-0.39, 0.29) is 9.92 Å². The van der Waals surface area contributed by atoms with Crippen molar-refractivity contribution >= 4 is 44.3 Å². The van der Waals surface area contributed by atoms with Gasteiger partial charge in [0.1, 0.15) is 10.7 Å². The van der Waals surface area contributed by atoms with Gasteiger partial charge in [-0.25, -0.2) is 18.5 Å². The molecule has 3 rings (SSSR count). The zero-order chi connectivity index (χ0) is 15.9. The Morgan fingerprint density at radius 3 is 2.55 bits per heavy atom. The van der Waals surface area contributed by atoms with Crippen molar-refractivity contribution in [2.75, 3.05) is 0 Å². The summed E-state index contributed by atoms with van der Waals surface area (Å²) in [6.45, 7) is 0. The van der Waals surface area contributed by atoms with Crippen LogP contribution in [0.3, 0.4) is 0 Å². The number of aromatic amines is 1. The smallest absolute Gasteiger partial charge is 0.239 e. The van der Waals surface area contributed by atoms with Crippen molar-refractivity contribution in [2.24, 2.45) is 5.14 Å². The Balaban J connectivity index is 2.05. The number of nitrogens with zero attached hydrogens (tertiary/aromatic N) is 1. The zero-order valence-electron chi connectivity index (χ0n) is 11.2. The number of primary sulfonamides is 1. The molecule has 0 amide bonds. The van der Waals surface area contributed by atoms with Gasteiger partial charge < -0.3 is 4.98 Å². The van der Waals surface area contributed by atoms with Gasteiger partial charge in [0.2, 0.25) is 10.0 Å². The first kappa shape index (κ1) is 15.3. The normalized spacial score (nSPS) is 12.0. The van der Waals surface area contributed by atoms with Crippen LogP contribution < -0.4 is 5.14 Å². The Morgan fingerprint density at radius 2 is 1.86 bits per heavy atom. The van der Waals surface area contributed by atoms with Gasteiger partial charge in [-0.1, -0.05) is 41.4 Å². The van der Waals surface area contributed by atoms with Gasteiger partial charge in [0.25, 0.3) is 0 Å². The Morgan fingerprint density at radius 1 is 1.14 bits per heavy atom. The second-order valence-corrected chi connectivity index (χ2v) is 7.14. The molecule has 3 N–H and O–H groups in total. The maximum absolute atomic E-state index is 11.5. The number of hydrogen-bond acceptors (Lipinski definition) is 3. The van der Waals surface area contributed by atoms with Crippen LogP contribution in [0.2, 0.25) is 10.0 Å². The second kappa shape index (κ2) is 5.55. The third-order valence-electron chi connectivity index (χ3n) is 3.21. The summed E-state index contributed by atoms with van der Waals surface area (Å²) < 4.78 is 23.0. The predicted molar refractivity (Wildman–Crippen MR) is 86.7 cm³/mol. The van der Waals surface area contributed by atoms with Crippen molar-refractivity contribution in [3.63, 3.8) is 0 Å². The molecule has 0 saturated heterocycles. The monoisotopic (exact) mass is 355 g/mol. The third-order valence-corrected chi connectivity index (χ3v) is 4.95. The van der Waals surface area contributed by atoms with Crippen LogP contribution in [0, 0.1) is 0 Å². The van der Waals surface area contributed by atoms with Crippen LogP contribution >= 0.6 is 23.2 Å². The fourth-order valence-electron chi connectivity index (χ4n) is 2.19. The van der Waals surface area contributed by atoms with E-state index in [1.165, 1.54) is 12.1 Å². The van der Waals surface area contributed by atoms with Crippen molar-refractivity contribution < 1.29 is 8.42 Å². The lowest BCUT2D eigenvalue weighted by Gasteiger charge is -2.00. The summed E-state index contributed by atoms with van der Waals surface area (Å²) >= 11 is 12.1. The quantitative estimate of drug-likeness (QED) is 0.756. The van der Waals surface area contributed by atoms with Crippen LogP contribution in [0.1, 0.15) is 11.4 Å². The lowest BCUT2D eigenvalue weighted by molar-refractivity contribution is 0.598. The highest BCUT2D eigenvalue weighted by Gasteiger charge is 2.16. The summed E-state index contributed by atoms with van der Waals surface area (Å²) in [4.78, 5) is 7.33. The Kier molecular flexibility index (Phi) is 3.86. The third kappa shape index (κ3) is 2.96. The molecule has 114 valence electrons. The van der Waals surface area contributed by atoms with Gasteiger partial charge in [-0.15, -0.1) is 0 Å². The number of hydrogen-bond donors (Lipinski definition) is 2. The maximum Gasteiger partial charge on any atom is 0.239 e. The van der Waals surface area contributed by atoms with Crippen LogP contribution in [0.15, 0.2) is 41.3 Å². The van der Waals surface area contributed by atoms with Crippen molar-refractivity contribution in [1.82, 2.24) is 9.97 Å². The molecule has 0 bridgehead atoms. The largest absolute Gasteiger partial charge is 0.342 e. The molecular weight excluding hydrogens is 345 g/mol. The highest BCUT2D eigenvalue weighted by atomic mass is 35.5. The molecule has 0 spiro atoms. The summed E-state index contributed by atoms with van der Waals surface area (Å²) in [5.41, 5.74) is 2.04. The SMILES string of the molecule is NS(=O)(=O)c1cc2[nH]c(Cc3ccccc3Cl)nc2cc1Cl. The first-order chi connectivity index (χ1) is 10.3. The van der Waals surface area contributed by atoms with E-state index in [2.05, 4.69) is 9.97 Å². The number of halogens is 2. The Hall–Kier alpha value is -1.60. The van der Waals surface area contributed by atoms with Crippen LogP contribution in [0.5, 0.6) is 0 Å². The highest BCUT2D eigenvalue weighted by molar-refractivity contribution is 7.89. The lowest BCUT2D eigenvalue weighted by Crippen LogP contribution is -2.12. The molecule has 5 nitrogen and oxygen atoms in total. The van der Waals surface area contributed by atoms with Crippen LogP contribution in [-0.4, -0.2) is 18.4 Å². The lowest BCUT2D eigenvalue weighted by atomic mass is 10.1. The minimum absolute atomic E-state index is 0.0470. The van der Waals surface area contributed by atoms with Crippen molar-refractivity contribution in [1.29, 1.82) is 0 Å². The summed E-state index contributed by atoms with van der Waals surface area (Å²) in [7, 11) is -3.88. The van der Waals surface area contributed by atoms with E-state index in [0.717, 1.165) is 5.56 Å². The molecule has 8 heteroatoms. The topological polar surface area (TPSA) is 88.8 Å². The van der Waals surface area contributed by atoms with Gasteiger partial charge in [-0.05, 0) is 23.8 Å². The van der Waals surface area contributed by atoms with E-state index in [1.54, 1.807) is 6.07 Å². The van der Waals surface area contributed by atoms with E-state index < -0.39 is 10.0 Å². The molecule has 0 saturated carbocycles. The van der Waals surface area contributed by atoms with Crippen LogP contribution in [0.4, 0.5) is 0 Å². The number of fused-ring (bicyclic) bond motifs is 1. The minimum atomic E-state index is -3.88. The molecule has 0 aliphatic carbocycles. The van der Waals surface area contributed by atoms with Crippen LogP contribution in [0.25, 0.3) is 11.0 Å². The fraction of sp³-hybridized carbons (Fsp3) is 0.0714. The average molecular weight is 356 g/mol. The summed E-state index contributed by atoms with van der Waals surface area (Å²) in [6.07, 6.45) is 0.497. The van der Waals surface area contributed by atoms with Crippen molar-refractivity contribution in [3.8, 4) is 0 Å². The molecule has 0 unspecified atom stereocenters. The fourth-order valence-corrected chi connectivity index (χ4v) is 3.48. The first-order valence-corrected chi connectivity index (χ1v) is 8.59. The number of nitrogens with one attached hydrogen (secondary N) is 1. The van der Waals surface area contributed by atoms with Gasteiger partial charge in [0.15, 0.2) is 0 Å². The summed E-state index contributed by atoms with van der Waals surface area (Å²) in [6, 6.07) is 10.3. The molecule has 1 aromatic heterocycles. The molecule has 1 heterocycles. The number of benzene rings is 2. The second-order valence-electron chi connectivity index (χ2n) is 4.80. The van der Waals surface area contributed by atoms with E-state index in [0.29, 0.717) is 28.3 Å². The summed E-state index contributed by atoms with van der Waals surface area (Å²) in [5, 5.41) is 5.83. The van der Waals surface area contributed by atoms with Gasteiger partial charge in [-0.2, -0.15) is 0 Å². The van der Waals surface area contributed by atoms with Crippen LogP contribution in [-0.2, 0) is 16.4 Å². The van der Waals surface area contributed by atoms with Crippen molar-refractivity contribution in [2.45, 2.75) is 11.3 Å². The van der Waals surface area contributed by atoms with E-state index >= 15 is 0 Å². The number of H-pyrrole nitrogens is 1. The number of aromatic nitrogens is 2. The van der Waals surface area contributed by atoms with E-state index in [9.17, 15) is 8.42 Å². The molecule has 0 aliphatic rings. The van der Waals surface area contributed by atoms with Crippen molar-refractivity contribution in [3.05, 3.63) is 57.8 Å². The number of rotatable bonds is 3. The van der Waals surface area contributed by atoms with Gasteiger partial charge in [0, 0.05) is 11.4 Å². The molecule has 0 radical (unpaired) electrons. The van der Waals surface area contributed by atoms with E-state index in [1.807, 2.05) is 18.2 Å². The van der Waals surface area contributed by atoms with Gasteiger partial charge in [0.05, 0.1) is 16.1 Å². The molecule has 22 heavy (non-hydrogen) atoms. The summed E-state index contributed by atoms with van der Waals surface area (Å²) in [5.74, 6) is 0.658. The first-order valence-electron chi connectivity index (χ1n) is 6.29. The zero-order valence-corrected chi connectivity index (χ0v) is 13.5. The minimum Gasteiger partial charge on any atom is -0.342 e. The molecule has 3 aromatic rings. The Labute approximate surface area is 137 Å². The van der Waals surface area contributed by atoms with Gasteiger partial charge >= 0.3 is 0 Å². The maximum atomic E-state index is 11.5. The number of nitrogens with two attached hydrogens (primary N) is 1. The van der Waals surface area contributed by atoms with Gasteiger partial charge in [-0.3, -0.25) is 0 Å². The average Bonchev–Trinajstić information content (AvgIpc) is 2.80. The Bertz CT molecular complexity index is 967. The number of sulfonamides is 1. The molecule has 2 aromatic carbocycles. The predicted octanol–water partition coefficient (Wildman–Crippen LogP) is 3.11. The molecule has 0 fully saturated rings. The number of imidazole rings is 1. The molecule has 0 aliphatic heterocycles. The van der Waals surface area contributed by atoms with E-state index in [4.69, 9.17) is 28.3 Å². The standard InChI is InChI=1S/C14H11Cl2N3O2S/c15-9-4-2-1-3-8(9)5-14-18-11-6-10(16)13(22(17,20)21)7-12(11)19-14/h1-4,6-7H,5H2,(H,18,19)(H2,17,20,21). The molecular formula is C14H11Cl2N3O2S.